The lowest BCUT2D eigenvalue weighted by atomic mass is 10.1. The number of pyridine rings is 1. The molecule has 2 aliphatic rings. The molecule has 1 amide bonds. The summed E-state index contributed by atoms with van der Waals surface area (Å²) in [6.45, 7) is 5.47. The lowest BCUT2D eigenvalue weighted by Crippen LogP contribution is -2.56. The first-order chi connectivity index (χ1) is 13.6. The van der Waals surface area contributed by atoms with Crippen molar-refractivity contribution in [3.05, 3.63) is 33.9 Å². The van der Waals surface area contributed by atoms with Crippen LogP contribution in [0.5, 0.6) is 5.88 Å². The van der Waals surface area contributed by atoms with E-state index in [4.69, 9.17) is 4.74 Å². The highest BCUT2D eigenvalue weighted by Gasteiger charge is 2.45. The minimum absolute atomic E-state index is 0.188. The zero-order chi connectivity index (χ0) is 20.8. The Hall–Kier alpha value is -2.29. The SMILES string of the molecule is Cc1cnc(C(C)(C)NC(=O)c2ccc(N3CC(F)(F)C3)c(OCC3CC3)n2)s1. The maximum atomic E-state index is 13.3. The quantitative estimate of drug-likeness (QED) is 0.736. The molecule has 0 bridgehead atoms. The van der Waals surface area contributed by atoms with Crippen molar-refractivity contribution in [2.45, 2.75) is 45.1 Å². The Morgan fingerprint density at radius 2 is 2.10 bits per heavy atom. The number of thiazole rings is 1. The van der Waals surface area contributed by atoms with Crippen molar-refractivity contribution >= 4 is 22.9 Å². The van der Waals surface area contributed by atoms with Gasteiger partial charge in [0.15, 0.2) is 0 Å². The third kappa shape index (κ3) is 4.49. The molecule has 6 nitrogen and oxygen atoms in total. The molecular formula is C20H24F2N4O2S. The van der Waals surface area contributed by atoms with Crippen LogP contribution in [0.1, 0.15) is 47.1 Å². The normalized spacial score (nSPS) is 18.3. The van der Waals surface area contributed by atoms with E-state index in [0.29, 0.717) is 18.2 Å². The van der Waals surface area contributed by atoms with Crippen LogP contribution >= 0.6 is 11.3 Å². The van der Waals surface area contributed by atoms with Gasteiger partial charge in [-0.15, -0.1) is 11.3 Å². The molecule has 9 heteroatoms. The second kappa shape index (κ2) is 7.19. The van der Waals surface area contributed by atoms with Crippen LogP contribution in [-0.4, -0.2) is 41.5 Å². The Bertz CT molecular complexity index is 919. The van der Waals surface area contributed by atoms with E-state index in [1.165, 1.54) is 16.2 Å². The number of aryl methyl sites for hydroxylation is 1. The van der Waals surface area contributed by atoms with Crippen LogP contribution < -0.4 is 15.0 Å². The van der Waals surface area contributed by atoms with Crippen LogP contribution in [0.3, 0.4) is 0 Å². The number of amides is 1. The van der Waals surface area contributed by atoms with Gasteiger partial charge >= 0.3 is 0 Å². The number of nitrogens with one attached hydrogen (secondary N) is 1. The van der Waals surface area contributed by atoms with Crippen molar-refractivity contribution in [2.75, 3.05) is 24.6 Å². The number of rotatable bonds is 7. The predicted molar refractivity (Wildman–Crippen MR) is 107 cm³/mol. The topological polar surface area (TPSA) is 67.4 Å². The fraction of sp³-hybridized carbons (Fsp3) is 0.550. The highest BCUT2D eigenvalue weighted by Crippen LogP contribution is 2.38. The summed E-state index contributed by atoms with van der Waals surface area (Å²) in [5.74, 6) is -2.34. The minimum Gasteiger partial charge on any atom is -0.476 e. The van der Waals surface area contributed by atoms with Crippen LogP contribution in [0, 0.1) is 12.8 Å². The number of hydrogen-bond donors (Lipinski definition) is 1. The second-order valence-corrected chi connectivity index (χ2v) is 9.58. The molecule has 29 heavy (non-hydrogen) atoms. The lowest BCUT2D eigenvalue weighted by molar-refractivity contribution is -0.0265. The predicted octanol–water partition coefficient (Wildman–Crippen LogP) is 3.76. The van der Waals surface area contributed by atoms with Gasteiger partial charge in [-0.05, 0) is 51.7 Å². The van der Waals surface area contributed by atoms with Crippen molar-refractivity contribution in [2.24, 2.45) is 5.92 Å². The molecule has 1 saturated heterocycles. The number of ether oxygens (including phenoxy) is 1. The average Bonchev–Trinajstić information content (AvgIpc) is 3.35. The van der Waals surface area contributed by atoms with Crippen molar-refractivity contribution in [3.8, 4) is 5.88 Å². The third-order valence-corrected chi connectivity index (χ3v) is 6.23. The largest absolute Gasteiger partial charge is 0.476 e. The van der Waals surface area contributed by atoms with E-state index in [2.05, 4.69) is 15.3 Å². The maximum absolute atomic E-state index is 13.3. The number of carbonyl (C=O) groups is 1. The summed E-state index contributed by atoms with van der Waals surface area (Å²) < 4.78 is 32.4. The molecule has 0 radical (unpaired) electrons. The molecule has 0 aromatic carbocycles. The van der Waals surface area contributed by atoms with Crippen LogP contribution in [-0.2, 0) is 5.54 Å². The number of alkyl halides is 2. The van der Waals surface area contributed by atoms with Crippen LogP contribution in [0.25, 0.3) is 0 Å². The standard InChI is InChI=1S/C20H24F2N4O2S/c1-12-8-23-18(29-12)19(2,3)25-16(27)14-6-7-15(26-10-20(21,22)11-26)17(24-14)28-9-13-4-5-13/h6-8,13H,4-5,9-11H2,1-3H3,(H,25,27). The molecule has 2 aromatic rings. The van der Waals surface area contributed by atoms with E-state index in [0.717, 1.165) is 22.7 Å². The van der Waals surface area contributed by atoms with Gasteiger partial charge in [-0.25, -0.2) is 18.7 Å². The molecule has 2 aromatic heterocycles. The van der Waals surface area contributed by atoms with Gasteiger partial charge in [0.25, 0.3) is 11.8 Å². The first-order valence-corrected chi connectivity index (χ1v) is 10.5. The molecule has 1 saturated carbocycles. The van der Waals surface area contributed by atoms with E-state index < -0.39 is 11.5 Å². The molecule has 4 rings (SSSR count). The Balaban J connectivity index is 1.53. The smallest absolute Gasteiger partial charge is 0.282 e. The first-order valence-electron chi connectivity index (χ1n) is 9.65. The Kier molecular flexibility index (Phi) is 4.96. The summed E-state index contributed by atoms with van der Waals surface area (Å²) in [5.41, 5.74) is 0.0291. The van der Waals surface area contributed by atoms with Gasteiger partial charge in [0.05, 0.1) is 25.2 Å². The van der Waals surface area contributed by atoms with Crippen molar-refractivity contribution < 1.29 is 18.3 Å². The van der Waals surface area contributed by atoms with Gasteiger partial charge in [-0.2, -0.15) is 0 Å². The number of hydrogen-bond acceptors (Lipinski definition) is 6. The van der Waals surface area contributed by atoms with Gasteiger partial charge in [-0.1, -0.05) is 0 Å². The molecule has 156 valence electrons. The molecule has 0 unspecified atom stereocenters. The number of halogens is 2. The highest BCUT2D eigenvalue weighted by atomic mass is 32.1. The molecule has 2 fully saturated rings. The van der Waals surface area contributed by atoms with Crippen molar-refractivity contribution in [1.29, 1.82) is 0 Å². The summed E-state index contributed by atoms with van der Waals surface area (Å²) in [7, 11) is 0. The fourth-order valence-corrected chi connectivity index (χ4v) is 3.94. The third-order valence-electron chi connectivity index (χ3n) is 4.99. The average molecular weight is 423 g/mol. The summed E-state index contributed by atoms with van der Waals surface area (Å²) in [6.07, 6.45) is 3.96. The Labute approximate surface area is 172 Å². The van der Waals surface area contributed by atoms with E-state index in [1.807, 2.05) is 20.8 Å². The molecule has 1 aliphatic heterocycles. The summed E-state index contributed by atoms with van der Waals surface area (Å²) in [4.78, 5) is 24.1. The van der Waals surface area contributed by atoms with E-state index in [1.54, 1.807) is 18.3 Å². The molecule has 0 atom stereocenters. The van der Waals surface area contributed by atoms with Crippen LogP contribution in [0.2, 0.25) is 0 Å². The zero-order valence-corrected chi connectivity index (χ0v) is 17.5. The molecule has 1 N–H and O–H groups in total. The van der Waals surface area contributed by atoms with E-state index in [9.17, 15) is 13.6 Å². The van der Waals surface area contributed by atoms with E-state index >= 15 is 0 Å². The van der Waals surface area contributed by atoms with Gasteiger partial charge in [-0.3, -0.25) is 4.79 Å². The molecular weight excluding hydrogens is 398 g/mol. The van der Waals surface area contributed by atoms with Crippen molar-refractivity contribution in [1.82, 2.24) is 15.3 Å². The fourth-order valence-electron chi connectivity index (χ4n) is 3.12. The summed E-state index contributed by atoms with van der Waals surface area (Å²) in [6, 6.07) is 3.19. The van der Waals surface area contributed by atoms with Crippen LogP contribution in [0.15, 0.2) is 18.3 Å². The first kappa shape index (κ1) is 20.0. The molecule has 1 aliphatic carbocycles. The highest BCUT2D eigenvalue weighted by molar-refractivity contribution is 7.11. The van der Waals surface area contributed by atoms with Crippen LogP contribution in [0.4, 0.5) is 14.5 Å². The van der Waals surface area contributed by atoms with Gasteiger partial charge < -0.3 is 15.0 Å². The zero-order valence-electron chi connectivity index (χ0n) is 16.7. The molecule has 3 heterocycles. The summed E-state index contributed by atoms with van der Waals surface area (Å²) >= 11 is 1.52. The molecule has 0 spiro atoms. The monoisotopic (exact) mass is 422 g/mol. The number of carbonyl (C=O) groups excluding carboxylic acids is 1. The summed E-state index contributed by atoms with van der Waals surface area (Å²) in [5, 5.41) is 3.75. The van der Waals surface area contributed by atoms with Crippen molar-refractivity contribution in [3.63, 3.8) is 0 Å². The van der Waals surface area contributed by atoms with Gasteiger partial charge in [0, 0.05) is 11.1 Å². The second-order valence-electron chi connectivity index (χ2n) is 8.34. The number of aromatic nitrogens is 2. The maximum Gasteiger partial charge on any atom is 0.282 e. The Morgan fingerprint density at radius 3 is 2.69 bits per heavy atom. The number of nitrogens with zero attached hydrogens (tertiary/aromatic N) is 3. The lowest BCUT2D eigenvalue weighted by Gasteiger charge is -2.40. The minimum atomic E-state index is -2.69. The van der Waals surface area contributed by atoms with Gasteiger partial charge in [0.1, 0.15) is 16.4 Å². The van der Waals surface area contributed by atoms with E-state index in [-0.39, 0.29) is 30.6 Å². The van der Waals surface area contributed by atoms with Gasteiger partial charge in [0.2, 0.25) is 5.88 Å². The number of anilines is 1. The Morgan fingerprint density at radius 1 is 1.38 bits per heavy atom.